The van der Waals surface area contributed by atoms with E-state index in [1.165, 1.54) is 11.3 Å². The molecule has 3 heterocycles. The zero-order valence-corrected chi connectivity index (χ0v) is 12.9. The molecule has 0 bridgehead atoms. The zero-order chi connectivity index (χ0) is 13.9. The molecule has 0 radical (unpaired) electrons. The number of urea groups is 1. The van der Waals surface area contributed by atoms with Crippen molar-refractivity contribution in [3.05, 3.63) is 34.3 Å². The van der Waals surface area contributed by atoms with Crippen LogP contribution in [0.4, 0.5) is 9.93 Å². The molecule has 2 aromatic heterocycles. The van der Waals surface area contributed by atoms with Crippen LogP contribution in [0.2, 0.25) is 0 Å². The molecule has 20 heavy (non-hydrogen) atoms. The summed E-state index contributed by atoms with van der Waals surface area (Å²) in [6.45, 7) is 0.710. The Hall–Kier alpha value is -1.54. The Morgan fingerprint density at radius 1 is 1.40 bits per heavy atom. The third kappa shape index (κ3) is 2.80. The molecule has 0 saturated carbocycles. The summed E-state index contributed by atoms with van der Waals surface area (Å²) in [7, 11) is 0. The van der Waals surface area contributed by atoms with Crippen LogP contribution in [0.1, 0.15) is 24.7 Å². The molecule has 1 unspecified atom stereocenters. The van der Waals surface area contributed by atoms with Gasteiger partial charge in [-0.05, 0) is 28.8 Å². The second kappa shape index (κ2) is 5.84. The maximum Gasteiger partial charge on any atom is 0.324 e. The van der Waals surface area contributed by atoms with E-state index < -0.39 is 0 Å². The molecule has 104 valence electrons. The van der Waals surface area contributed by atoms with Gasteiger partial charge in [0.1, 0.15) is 0 Å². The van der Waals surface area contributed by atoms with Crippen molar-refractivity contribution in [3.63, 3.8) is 0 Å². The lowest BCUT2D eigenvalue weighted by molar-refractivity contribution is 0.205. The number of hydrogen-bond acceptors (Lipinski definition) is 5. The third-order valence-electron chi connectivity index (χ3n) is 3.10. The summed E-state index contributed by atoms with van der Waals surface area (Å²) >= 11 is 4.71. The number of carbonyl (C=O) groups excluding carboxylic acids is 1. The van der Waals surface area contributed by atoms with E-state index in [1.54, 1.807) is 23.5 Å². The summed E-state index contributed by atoms with van der Waals surface area (Å²) in [6, 6.07) is -0.211. The normalized spacial score (nSPS) is 18.2. The number of halogens is 1. The van der Waals surface area contributed by atoms with Gasteiger partial charge in [-0.3, -0.25) is 5.32 Å². The SMILES string of the molecule is O=C(Nc1nccs1)N1CCCC1c1ncc(Br)cn1. The molecule has 1 aliphatic heterocycles. The molecule has 0 aliphatic carbocycles. The molecule has 2 amide bonds. The highest BCUT2D eigenvalue weighted by Crippen LogP contribution is 2.30. The second-order valence-corrected chi connectivity index (χ2v) is 6.19. The molecular formula is C12H12BrN5OS. The summed E-state index contributed by atoms with van der Waals surface area (Å²) in [5, 5.41) is 5.24. The molecule has 3 rings (SSSR count). The van der Waals surface area contributed by atoms with Crippen molar-refractivity contribution in [1.29, 1.82) is 0 Å². The smallest absolute Gasteiger partial charge is 0.314 e. The Bertz CT molecular complexity index is 588. The zero-order valence-electron chi connectivity index (χ0n) is 10.5. The third-order valence-corrected chi connectivity index (χ3v) is 4.20. The molecule has 1 fully saturated rings. The molecule has 8 heteroatoms. The quantitative estimate of drug-likeness (QED) is 0.900. The predicted octanol–water partition coefficient (Wildman–Crippen LogP) is 3.06. The molecule has 0 aromatic carbocycles. The minimum absolute atomic E-state index is 0.0666. The first-order valence-electron chi connectivity index (χ1n) is 6.18. The Labute approximate surface area is 128 Å². The van der Waals surface area contributed by atoms with Crippen LogP contribution in [0.5, 0.6) is 0 Å². The van der Waals surface area contributed by atoms with E-state index in [1.807, 2.05) is 5.38 Å². The van der Waals surface area contributed by atoms with Gasteiger partial charge in [0.25, 0.3) is 0 Å². The Balaban J connectivity index is 1.75. The maximum atomic E-state index is 12.3. The minimum atomic E-state index is -0.144. The lowest BCUT2D eigenvalue weighted by atomic mass is 10.2. The first-order valence-corrected chi connectivity index (χ1v) is 7.86. The molecule has 2 aromatic rings. The van der Waals surface area contributed by atoms with E-state index >= 15 is 0 Å². The van der Waals surface area contributed by atoms with Crippen LogP contribution in [0.3, 0.4) is 0 Å². The van der Waals surface area contributed by atoms with Crippen LogP contribution in [0.25, 0.3) is 0 Å². The minimum Gasteiger partial charge on any atom is -0.314 e. The van der Waals surface area contributed by atoms with E-state index in [4.69, 9.17) is 0 Å². The number of amides is 2. The lowest BCUT2D eigenvalue weighted by Crippen LogP contribution is -2.35. The fraction of sp³-hybridized carbons (Fsp3) is 0.333. The summed E-state index contributed by atoms with van der Waals surface area (Å²) < 4.78 is 0.832. The van der Waals surface area contributed by atoms with Crippen LogP contribution >= 0.6 is 27.3 Å². The van der Waals surface area contributed by atoms with E-state index in [9.17, 15) is 4.79 Å². The first-order chi connectivity index (χ1) is 9.74. The van der Waals surface area contributed by atoms with Crippen molar-refractivity contribution in [2.45, 2.75) is 18.9 Å². The fourth-order valence-electron chi connectivity index (χ4n) is 2.22. The van der Waals surface area contributed by atoms with Gasteiger partial charge >= 0.3 is 6.03 Å². The van der Waals surface area contributed by atoms with Crippen LogP contribution in [0.15, 0.2) is 28.4 Å². The highest BCUT2D eigenvalue weighted by molar-refractivity contribution is 9.10. The summed E-state index contributed by atoms with van der Waals surface area (Å²) in [5.41, 5.74) is 0. The molecule has 1 saturated heterocycles. The average Bonchev–Trinajstić information content (AvgIpc) is 3.10. The molecular weight excluding hydrogens is 342 g/mol. The fourth-order valence-corrected chi connectivity index (χ4v) is 2.94. The number of anilines is 1. The van der Waals surface area contributed by atoms with Gasteiger partial charge in [0.2, 0.25) is 0 Å². The van der Waals surface area contributed by atoms with Gasteiger partial charge in [-0.2, -0.15) is 0 Å². The van der Waals surface area contributed by atoms with Crippen LogP contribution in [-0.2, 0) is 0 Å². The predicted molar refractivity (Wildman–Crippen MR) is 79.5 cm³/mol. The van der Waals surface area contributed by atoms with Crippen LogP contribution in [-0.4, -0.2) is 32.4 Å². The first kappa shape index (κ1) is 13.4. The van der Waals surface area contributed by atoms with Crippen molar-refractivity contribution < 1.29 is 4.79 Å². The van der Waals surface area contributed by atoms with Crippen LogP contribution < -0.4 is 5.32 Å². The standard InChI is InChI=1S/C12H12BrN5OS/c13-8-6-15-10(16-7-8)9-2-1-4-18(9)12(19)17-11-14-3-5-20-11/h3,5-7,9H,1-2,4H2,(H,14,17,19). The van der Waals surface area contributed by atoms with E-state index in [0.29, 0.717) is 17.5 Å². The second-order valence-electron chi connectivity index (χ2n) is 4.38. The van der Waals surface area contributed by atoms with Gasteiger partial charge in [-0.15, -0.1) is 11.3 Å². The lowest BCUT2D eigenvalue weighted by Gasteiger charge is -2.23. The van der Waals surface area contributed by atoms with Gasteiger partial charge in [0, 0.05) is 30.5 Å². The van der Waals surface area contributed by atoms with Gasteiger partial charge in [-0.1, -0.05) is 0 Å². The summed E-state index contributed by atoms with van der Waals surface area (Å²) in [6.07, 6.45) is 6.91. The van der Waals surface area contributed by atoms with Crippen molar-refractivity contribution >= 4 is 38.4 Å². The number of carbonyl (C=O) groups is 1. The van der Waals surface area contributed by atoms with Crippen molar-refractivity contribution in [2.24, 2.45) is 0 Å². The van der Waals surface area contributed by atoms with Crippen LogP contribution in [0, 0.1) is 0 Å². The molecule has 1 aliphatic rings. The summed E-state index contributed by atoms with van der Waals surface area (Å²) in [5.74, 6) is 0.681. The Morgan fingerprint density at radius 3 is 2.90 bits per heavy atom. The van der Waals surface area contributed by atoms with E-state index in [2.05, 4.69) is 36.2 Å². The molecule has 0 spiro atoms. The highest BCUT2D eigenvalue weighted by atomic mass is 79.9. The van der Waals surface area contributed by atoms with Crippen molar-refractivity contribution in [3.8, 4) is 0 Å². The molecule has 1 N–H and O–H groups in total. The Kier molecular flexibility index (Phi) is 3.93. The van der Waals surface area contributed by atoms with Gasteiger partial charge in [-0.25, -0.2) is 19.7 Å². The number of thiazole rings is 1. The molecule has 6 nitrogen and oxygen atoms in total. The number of hydrogen-bond donors (Lipinski definition) is 1. The Morgan fingerprint density at radius 2 is 2.20 bits per heavy atom. The molecule has 1 atom stereocenters. The number of nitrogens with zero attached hydrogens (tertiary/aromatic N) is 4. The monoisotopic (exact) mass is 353 g/mol. The van der Waals surface area contributed by atoms with E-state index in [-0.39, 0.29) is 12.1 Å². The number of likely N-dealkylation sites (tertiary alicyclic amines) is 1. The number of aromatic nitrogens is 3. The van der Waals surface area contributed by atoms with Gasteiger partial charge < -0.3 is 4.90 Å². The maximum absolute atomic E-state index is 12.3. The average molecular weight is 354 g/mol. The topological polar surface area (TPSA) is 71.0 Å². The summed E-state index contributed by atoms with van der Waals surface area (Å²) in [4.78, 5) is 26.7. The van der Waals surface area contributed by atoms with Crippen molar-refractivity contribution in [1.82, 2.24) is 19.9 Å². The van der Waals surface area contributed by atoms with Crippen molar-refractivity contribution in [2.75, 3.05) is 11.9 Å². The highest BCUT2D eigenvalue weighted by Gasteiger charge is 2.32. The van der Waals surface area contributed by atoms with Gasteiger partial charge in [0.15, 0.2) is 11.0 Å². The number of rotatable bonds is 2. The van der Waals surface area contributed by atoms with E-state index in [0.717, 1.165) is 17.3 Å². The van der Waals surface area contributed by atoms with Gasteiger partial charge in [0.05, 0.1) is 10.5 Å². The number of nitrogens with one attached hydrogen (secondary N) is 1. The largest absolute Gasteiger partial charge is 0.324 e.